The topological polar surface area (TPSA) is 68.0 Å². The van der Waals surface area contributed by atoms with E-state index in [-0.39, 0.29) is 5.56 Å². The van der Waals surface area contributed by atoms with Gasteiger partial charge in [-0.2, -0.15) is 9.93 Å². The number of halogens is 4. The molecule has 3 N–H and O–H groups in total. The Morgan fingerprint density at radius 3 is 2.35 bits per heavy atom. The molecule has 0 bridgehead atoms. The maximum absolute atomic E-state index is 14.6. The van der Waals surface area contributed by atoms with Gasteiger partial charge in [0.1, 0.15) is 11.6 Å². The van der Waals surface area contributed by atoms with Gasteiger partial charge in [0.25, 0.3) is 5.91 Å². The number of amides is 1. The molecule has 0 atom stereocenters. The Morgan fingerprint density at radius 2 is 1.73 bits per heavy atom. The molecule has 0 saturated heterocycles. The van der Waals surface area contributed by atoms with Crippen LogP contribution in [0.25, 0.3) is 22.4 Å². The number of carbonyl (C=O) groups excluding carboxylic acids is 1. The highest BCUT2D eigenvalue weighted by Gasteiger charge is 2.26. The number of carbonyl (C=O) groups is 1. The van der Waals surface area contributed by atoms with Gasteiger partial charge in [-0.05, 0) is 17.7 Å². The van der Waals surface area contributed by atoms with Crippen molar-refractivity contribution in [1.82, 2.24) is 10.5 Å². The van der Waals surface area contributed by atoms with Crippen LogP contribution in [0.2, 0.25) is 0 Å². The Morgan fingerprint density at radius 1 is 1.04 bits per heavy atom. The smallest absolute Gasteiger partial charge is 0.283 e. The van der Waals surface area contributed by atoms with Crippen molar-refractivity contribution >= 4 is 11.6 Å². The molecule has 1 heterocycles. The summed E-state index contributed by atoms with van der Waals surface area (Å²) in [5.41, 5.74) is 4.96. The highest BCUT2D eigenvalue weighted by molar-refractivity contribution is 6.07. The highest BCUT2D eigenvalue weighted by atomic mass is 19.2. The molecule has 0 unspecified atom stereocenters. The average molecular weight is 361 g/mol. The quantitative estimate of drug-likeness (QED) is 0.420. The molecule has 0 aliphatic carbocycles. The molecule has 0 spiro atoms. The van der Waals surface area contributed by atoms with E-state index in [2.05, 4.69) is 4.98 Å². The van der Waals surface area contributed by atoms with Crippen molar-refractivity contribution in [3.05, 3.63) is 71.7 Å². The lowest BCUT2D eigenvalue weighted by Crippen LogP contribution is -2.19. The molecule has 0 aliphatic rings. The fraction of sp³-hybridized carbons (Fsp3) is 0. The summed E-state index contributed by atoms with van der Waals surface area (Å²) in [5.74, 6) is -4.39. The number of benzene rings is 2. The van der Waals surface area contributed by atoms with Crippen LogP contribution in [0.5, 0.6) is 0 Å². The van der Waals surface area contributed by atoms with Crippen molar-refractivity contribution in [3.63, 3.8) is 0 Å². The number of pyridine rings is 1. The summed E-state index contributed by atoms with van der Waals surface area (Å²) in [4.78, 5) is 15.6. The third kappa shape index (κ3) is 2.97. The number of nitrogens with two attached hydrogens (primary N) is 1. The predicted molar refractivity (Wildman–Crippen MR) is 88.0 cm³/mol. The van der Waals surface area contributed by atoms with E-state index in [1.54, 1.807) is 18.2 Å². The van der Waals surface area contributed by atoms with E-state index in [0.717, 1.165) is 17.7 Å². The first-order valence-electron chi connectivity index (χ1n) is 7.34. The second kappa shape index (κ2) is 6.83. The normalized spacial score (nSPS) is 10.6. The van der Waals surface area contributed by atoms with Crippen molar-refractivity contribution in [2.24, 2.45) is 0 Å². The first-order chi connectivity index (χ1) is 12.4. The van der Waals surface area contributed by atoms with Crippen molar-refractivity contribution in [2.45, 2.75) is 0 Å². The van der Waals surface area contributed by atoms with E-state index in [1.165, 1.54) is 12.1 Å². The van der Waals surface area contributed by atoms with Gasteiger partial charge < -0.3 is 5.73 Å². The van der Waals surface area contributed by atoms with Crippen molar-refractivity contribution in [2.75, 3.05) is 5.73 Å². The number of anilines is 1. The standard InChI is InChI=1S/C18H11F4N3O/c19-10-6-7-11(12(20)8-10)16-14(18(26)25-22)15(23)13(17(21)24-16)9-4-2-1-3-5-9/h1-8H,(H2,23,24)(H,25,26). The molecule has 132 valence electrons. The number of hydrogen-bond acceptors (Lipinski definition) is 3. The van der Waals surface area contributed by atoms with Crippen LogP contribution < -0.4 is 11.3 Å². The zero-order valence-electron chi connectivity index (χ0n) is 13.1. The Bertz CT molecular complexity index is 993. The molecule has 3 rings (SSSR count). The van der Waals surface area contributed by atoms with Gasteiger partial charge in [0, 0.05) is 11.6 Å². The van der Waals surface area contributed by atoms with E-state index >= 15 is 0 Å². The van der Waals surface area contributed by atoms with Gasteiger partial charge in [0.15, 0.2) is 0 Å². The first kappa shape index (κ1) is 17.4. The zero-order valence-corrected chi connectivity index (χ0v) is 13.1. The SMILES string of the molecule is Nc1c(C(=O)NF)c(-c2ccc(F)cc2F)nc(F)c1-c1ccccc1. The maximum Gasteiger partial charge on any atom is 0.283 e. The summed E-state index contributed by atoms with van der Waals surface area (Å²) in [6, 6.07) is 10.3. The van der Waals surface area contributed by atoms with Crippen LogP contribution in [0.3, 0.4) is 0 Å². The fourth-order valence-electron chi connectivity index (χ4n) is 2.61. The minimum atomic E-state index is -1.33. The second-order valence-electron chi connectivity index (χ2n) is 5.33. The van der Waals surface area contributed by atoms with Crippen LogP contribution in [0.1, 0.15) is 10.4 Å². The Balaban J connectivity index is 2.34. The average Bonchev–Trinajstić information content (AvgIpc) is 2.61. The minimum Gasteiger partial charge on any atom is -0.397 e. The van der Waals surface area contributed by atoms with Crippen LogP contribution in [0.15, 0.2) is 48.5 Å². The van der Waals surface area contributed by atoms with Gasteiger partial charge in [-0.3, -0.25) is 4.79 Å². The number of nitrogen functional groups attached to an aromatic ring is 1. The summed E-state index contributed by atoms with van der Waals surface area (Å²) in [5, 5.41) is 0. The molecule has 1 aromatic heterocycles. The number of nitrogens with zero attached hydrogens (tertiary/aromatic N) is 1. The third-order valence-electron chi connectivity index (χ3n) is 3.75. The molecule has 0 radical (unpaired) electrons. The van der Waals surface area contributed by atoms with Gasteiger partial charge >= 0.3 is 0 Å². The van der Waals surface area contributed by atoms with Gasteiger partial charge in [-0.25, -0.2) is 13.8 Å². The van der Waals surface area contributed by atoms with Gasteiger partial charge in [0.2, 0.25) is 5.95 Å². The molecular weight excluding hydrogens is 350 g/mol. The third-order valence-corrected chi connectivity index (χ3v) is 3.75. The number of nitrogens with one attached hydrogen (secondary N) is 1. The Hall–Kier alpha value is -3.42. The van der Waals surface area contributed by atoms with E-state index < -0.39 is 46.0 Å². The summed E-state index contributed by atoms with van der Waals surface area (Å²) in [6.07, 6.45) is 0. The van der Waals surface area contributed by atoms with Crippen LogP contribution >= 0.6 is 0 Å². The molecule has 8 heteroatoms. The summed E-state index contributed by atoms with van der Waals surface area (Å²) < 4.78 is 54.7. The minimum absolute atomic E-state index is 0.226. The summed E-state index contributed by atoms with van der Waals surface area (Å²) in [6.45, 7) is 0. The van der Waals surface area contributed by atoms with Crippen molar-refractivity contribution in [3.8, 4) is 22.4 Å². The van der Waals surface area contributed by atoms with Crippen LogP contribution in [-0.2, 0) is 0 Å². The summed E-state index contributed by atoms with van der Waals surface area (Å²) >= 11 is 0. The molecule has 0 saturated carbocycles. The Kier molecular flexibility index (Phi) is 4.57. The molecule has 0 fully saturated rings. The van der Waals surface area contributed by atoms with E-state index in [9.17, 15) is 22.4 Å². The molecular formula is C18H11F4N3O. The Labute approximate surface area is 145 Å². The molecule has 1 amide bonds. The monoisotopic (exact) mass is 361 g/mol. The fourth-order valence-corrected chi connectivity index (χ4v) is 2.61. The molecule has 4 nitrogen and oxygen atoms in total. The van der Waals surface area contributed by atoms with Crippen LogP contribution in [0.4, 0.5) is 23.3 Å². The van der Waals surface area contributed by atoms with Gasteiger partial charge in [-0.1, -0.05) is 34.8 Å². The van der Waals surface area contributed by atoms with E-state index in [0.29, 0.717) is 11.6 Å². The van der Waals surface area contributed by atoms with Gasteiger partial charge in [0.05, 0.1) is 22.5 Å². The lowest BCUT2D eigenvalue weighted by molar-refractivity contribution is 0.0861. The summed E-state index contributed by atoms with van der Waals surface area (Å²) in [7, 11) is 0. The van der Waals surface area contributed by atoms with Crippen LogP contribution in [0, 0.1) is 17.6 Å². The van der Waals surface area contributed by atoms with E-state index in [4.69, 9.17) is 5.73 Å². The second-order valence-corrected chi connectivity index (χ2v) is 5.33. The first-order valence-corrected chi connectivity index (χ1v) is 7.34. The number of aromatic nitrogens is 1. The number of hydrogen-bond donors (Lipinski definition) is 2. The lowest BCUT2D eigenvalue weighted by atomic mass is 9.97. The van der Waals surface area contributed by atoms with Crippen LogP contribution in [-0.4, -0.2) is 10.9 Å². The number of rotatable bonds is 3. The van der Waals surface area contributed by atoms with E-state index in [1.807, 2.05) is 0 Å². The van der Waals surface area contributed by atoms with Crippen molar-refractivity contribution in [1.29, 1.82) is 0 Å². The lowest BCUT2D eigenvalue weighted by Gasteiger charge is -2.15. The van der Waals surface area contributed by atoms with Gasteiger partial charge in [-0.15, -0.1) is 0 Å². The molecule has 3 aromatic rings. The molecule has 0 aliphatic heterocycles. The van der Waals surface area contributed by atoms with Crippen molar-refractivity contribution < 1.29 is 22.4 Å². The zero-order chi connectivity index (χ0) is 18.8. The highest BCUT2D eigenvalue weighted by Crippen LogP contribution is 2.36. The maximum atomic E-state index is 14.6. The molecule has 26 heavy (non-hydrogen) atoms. The largest absolute Gasteiger partial charge is 0.397 e. The predicted octanol–water partition coefficient (Wildman–Crippen LogP) is 4.03. The molecule has 2 aromatic carbocycles.